The number of hydrogen-bond acceptors (Lipinski definition) is 4. The van der Waals surface area contributed by atoms with Crippen molar-refractivity contribution in [2.45, 2.75) is 32.4 Å². The SMILES string of the molecule is C[C@@H](NC(=O)Cc1cc2c(cn1)C(CNCC(F)F)=NC2)c1ccccc1. The topological polar surface area (TPSA) is 66.4 Å². The number of aliphatic imine (C=N–C) groups is 1. The van der Waals surface area contributed by atoms with Crippen molar-refractivity contribution < 1.29 is 13.6 Å². The predicted molar refractivity (Wildman–Crippen MR) is 100 cm³/mol. The molecule has 2 N–H and O–H groups in total. The highest BCUT2D eigenvalue weighted by atomic mass is 19.3. The molecule has 2 heterocycles. The molecule has 142 valence electrons. The van der Waals surface area contributed by atoms with E-state index in [9.17, 15) is 13.6 Å². The van der Waals surface area contributed by atoms with Gasteiger partial charge in [-0.25, -0.2) is 8.78 Å². The molecule has 27 heavy (non-hydrogen) atoms. The Morgan fingerprint density at radius 3 is 2.78 bits per heavy atom. The van der Waals surface area contributed by atoms with Gasteiger partial charge in [0.2, 0.25) is 5.91 Å². The maximum Gasteiger partial charge on any atom is 0.250 e. The number of alkyl halides is 2. The molecule has 7 heteroatoms. The number of nitrogens with zero attached hydrogens (tertiary/aromatic N) is 2. The summed E-state index contributed by atoms with van der Waals surface area (Å²) in [6.07, 6.45) is -0.526. The third-order valence-electron chi connectivity index (χ3n) is 4.41. The number of amides is 1. The summed E-state index contributed by atoms with van der Waals surface area (Å²) < 4.78 is 24.5. The van der Waals surface area contributed by atoms with Crippen molar-refractivity contribution >= 4 is 11.6 Å². The van der Waals surface area contributed by atoms with Crippen LogP contribution in [-0.4, -0.2) is 36.1 Å². The van der Waals surface area contributed by atoms with Crippen LogP contribution >= 0.6 is 0 Å². The van der Waals surface area contributed by atoms with E-state index in [-0.39, 0.29) is 31.5 Å². The lowest BCUT2D eigenvalue weighted by Crippen LogP contribution is -2.28. The van der Waals surface area contributed by atoms with Gasteiger partial charge in [0, 0.05) is 18.3 Å². The van der Waals surface area contributed by atoms with Crippen LogP contribution in [0, 0.1) is 0 Å². The highest BCUT2D eigenvalue weighted by molar-refractivity contribution is 6.04. The standard InChI is InChI=1S/C20H22F2N4O/c1-13(14-5-3-2-4-6-14)26-20(27)8-16-7-15-9-25-18(17(15)10-24-16)11-23-12-19(21)22/h2-7,10,13,19,23H,8-9,11-12H2,1H3,(H,26,27)/t13-/m1/s1. The van der Waals surface area contributed by atoms with E-state index >= 15 is 0 Å². The first-order chi connectivity index (χ1) is 13.0. The normalized spacial score (nSPS) is 14.0. The molecule has 0 bridgehead atoms. The minimum absolute atomic E-state index is 0.0797. The van der Waals surface area contributed by atoms with Crippen LogP contribution in [0.5, 0.6) is 0 Å². The predicted octanol–water partition coefficient (Wildman–Crippen LogP) is 2.66. The number of halogens is 2. The van der Waals surface area contributed by atoms with E-state index in [1.807, 2.05) is 43.3 Å². The van der Waals surface area contributed by atoms with E-state index in [1.54, 1.807) is 6.20 Å². The van der Waals surface area contributed by atoms with Crippen LogP contribution in [-0.2, 0) is 17.8 Å². The number of hydrogen-bond donors (Lipinski definition) is 2. The fraction of sp³-hybridized carbons (Fsp3) is 0.350. The van der Waals surface area contributed by atoms with E-state index in [2.05, 4.69) is 20.6 Å². The van der Waals surface area contributed by atoms with Crippen molar-refractivity contribution in [3.05, 3.63) is 65.0 Å². The number of aromatic nitrogens is 1. The van der Waals surface area contributed by atoms with Gasteiger partial charge in [0.05, 0.1) is 37.0 Å². The number of fused-ring (bicyclic) bond motifs is 1. The van der Waals surface area contributed by atoms with Crippen LogP contribution < -0.4 is 10.6 Å². The van der Waals surface area contributed by atoms with Gasteiger partial charge < -0.3 is 10.6 Å². The molecule has 1 aromatic carbocycles. The molecule has 1 aliphatic heterocycles. The van der Waals surface area contributed by atoms with Gasteiger partial charge in [-0.1, -0.05) is 30.3 Å². The van der Waals surface area contributed by atoms with Gasteiger partial charge in [0.1, 0.15) is 0 Å². The smallest absolute Gasteiger partial charge is 0.250 e. The Kier molecular flexibility index (Phi) is 6.24. The quantitative estimate of drug-likeness (QED) is 0.749. The first-order valence-corrected chi connectivity index (χ1v) is 8.87. The molecule has 3 rings (SSSR count). The number of carbonyl (C=O) groups is 1. The lowest BCUT2D eigenvalue weighted by atomic mass is 10.1. The highest BCUT2D eigenvalue weighted by Gasteiger charge is 2.18. The second-order valence-corrected chi connectivity index (χ2v) is 6.49. The van der Waals surface area contributed by atoms with E-state index in [4.69, 9.17) is 0 Å². The van der Waals surface area contributed by atoms with Crippen LogP contribution in [0.2, 0.25) is 0 Å². The number of nitrogens with one attached hydrogen (secondary N) is 2. The summed E-state index contributed by atoms with van der Waals surface area (Å²) in [5.41, 5.74) is 4.27. The van der Waals surface area contributed by atoms with Crippen LogP contribution in [0.3, 0.4) is 0 Å². The van der Waals surface area contributed by atoms with Crippen molar-refractivity contribution in [1.29, 1.82) is 0 Å². The fourth-order valence-electron chi connectivity index (χ4n) is 3.03. The van der Waals surface area contributed by atoms with E-state index in [0.717, 1.165) is 22.4 Å². The molecule has 1 aliphatic rings. The van der Waals surface area contributed by atoms with Crippen molar-refractivity contribution in [2.24, 2.45) is 4.99 Å². The molecule has 2 aromatic rings. The lowest BCUT2D eigenvalue weighted by Gasteiger charge is -2.14. The first kappa shape index (κ1) is 19.1. The van der Waals surface area contributed by atoms with Crippen molar-refractivity contribution in [3.63, 3.8) is 0 Å². The third kappa shape index (κ3) is 5.17. The van der Waals surface area contributed by atoms with E-state index in [1.165, 1.54) is 0 Å². The molecule has 1 amide bonds. The molecule has 1 aromatic heterocycles. The maximum atomic E-state index is 12.3. The molecule has 0 aliphatic carbocycles. The third-order valence-corrected chi connectivity index (χ3v) is 4.41. The van der Waals surface area contributed by atoms with E-state index in [0.29, 0.717) is 12.2 Å². The Morgan fingerprint density at radius 2 is 2.04 bits per heavy atom. The maximum absolute atomic E-state index is 12.3. The zero-order valence-corrected chi connectivity index (χ0v) is 15.1. The van der Waals surface area contributed by atoms with Crippen LogP contribution in [0.4, 0.5) is 8.78 Å². The van der Waals surface area contributed by atoms with Gasteiger partial charge in [-0.2, -0.15) is 0 Å². The molecular weight excluding hydrogens is 350 g/mol. The summed E-state index contributed by atoms with van der Waals surface area (Å²) in [5, 5.41) is 5.65. The summed E-state index contributed by atoms with van der Waals surface area (Å²) in [6, 6.07) is 11.5. The average molecular weight is 372 g/mol. The summed E-state index contributed by atoms with van der Waals surface area (Å²) in [5.74, 6) is -0.100. The van der Waals surface area contributed by atoms with Gasteiger partial charge in [-0.15, -0.1) is 0 Å². The molecule has 5 nitrogen and oxygen atoms in total. The van der Waals surface area contributed by atoms with Crippen molar-refractivity contribution in [3.8, 4) is 0 Å². The average Bonchev–Trinajstić information content (AvgIpc) is 3.04. The zero-order valence-electron chi connectivity index (χ0n) is 15.1. The van der Waals surface area contributed by atoms with Crippen LogP contribution in [0.15, 0.2) is 47.6 Å². The van der Waals surface area contributed by atoms with Crippen molar-refractivity contribution in [1.82, 2.24) is 15.6 Å². The van der Waals surface area contributed by atoms with Gasteiger partial charge >= 0.3 is 0 Å². The summed E-state index contributed by atoms with van der Waals surface area (Å²) in [6.45, 7) is 2.35. The molecular formula is C20H22F2N4O. The summed E-state index contributed by atoms with van der Waals surface area (Å²) in [7, 11) is 0. The Bertz CT molecular complexity index is 824. The molecule has 0 fully saturated rings. The Morgan fingerprint density at radius 1 is 1.26 bits per heavy atom. The first-order valence-electron chi connectivity index (χ1n) is 8.87. The van der Waals surface area contributed by atoms with Crippen molar-refractivity contribution in [2.75, 3.05) is 13.1 Å². The molecule has 0 saturated carbocycles. The Labute approximate surface area is 156 Å². The van der Waals surface area contributed by atoms with Crippen LogP contribution in [0.25, 0.3) is 0 Å². The molecule has 0 spiro atoms. The number of benzene rings is 1. The molecule has 0 saturated heterocycles. The minimum Gasteiger partial charge on any atom is -0.349 e. The Balaban J connectivity index is 1.56. The number of pyridine rings is 1. The van der Waals surface area contributed by atoms with Gasteiger partial charge in [-0.05, 0) is 24.1 Å². The lowest BCUT2D eigenvalue weighted by molar-refractivity contribution is -0.121. The largest absolute Gasteiger partial charge is 0.349 e. The second kappa shape index (κ2) is 8.81. The van der Waals surface area contributed by atoms with Gasteiger partial charge in [0.15, 0.2) is 0 Å². The Hall–Kier alpha value is -2.67. The van der Waals surface area contributed by atoms with Gasteiger partial charge in [-0.3, -0.25) is 14.8 Å². The molecule has 0 radical (unpaired) electrons. The number of rotatable bonds is 8. The number of carbonyl (C=O) groups excluding carboxylic acids is 1. The summed E-state index contributed by atoms with van der Waals surface area (Å²) in [4.78, 5) is 21.0. The van der Waals surface area contributed by atoms with Gasteiger partial charge in [0.25, 0.3) is 6.43 Å². The van der Waals surface area contributed by atoms with E-state index < -0.39 is 6.43 Å². The second-order valence-electron chi connectivity index (χ2n) is 6.49. The van der Waals surface area contributed by atoms with Crippen LogP contribution in [0.1, 0.15) is 35.3 Å². The highest BCUT2D eigenvalue weighted by Crippen LogP contribution is 2.19. The molecule has 0 unspecified atom stereocenters. The monoisotopic (exact) mass is 372 g/mol. The zero-order chi connectivity index (χ0) is 19.2. The summed E-state index contributed by atoms with van der Waals surface area (Å²) >= 11 is 0. The fourth-order valence-corrected chi connectivity index (χ4v) is 3.03. The minimum atomic E-state index is -2.39. The molecule has 1 atom stereocenters.